The zero-order valence-corrected chi connectivity index (χ0v) is 24.0. The molecule has 0 spiro atoms. The summed E-state index contributed by atoms with van der Waals surface area (Å²) in [4.78, 5) is 31.8. The van der Waals surface area contributed by atoms with Crippen molar-refractivity contribution in [2.24, 2.45) is 5.92 Å². The average Bonchev–Trinajstić information content (AvgIpc) is 3.41. The van der Waals surface area contributed by atoms with Crippen LogP contribution in [0.25, 0.3) is 11.1 Å². The lowest BCUT2D eigenvalue weighted by Gasteiger charge is -2.23. The van der Waals surface area contributed by atoms with Crippen LogP contribution in [-0.4, -0.2) is 49.1 Å². The monoisotopic (exact) mass is 577 g/mol. The molecule has 1 heterocycles. The van der Waals surface area contributed by atoms with E-state index in [1.54, 1.807) is 18.2 Å². The number of ether oxygens (including phenoxy) is 1. The van der Waals surface area contributed by atoms with E-state index in [0.717, 1.165) is 11.1 Å². The minimum absolute atomic E-state index is 0.0229. The van der Waals surface area contributed by atoms with Gasteiger partial charge in [-0.1, -0.05) is 86.6 Å². The molecule has 0 saturated heterocycles. The number of hydrogen-bond acceptors (Lipinski definition) is 7. The molecular formula is C31H35N3O6S. The molecule has 0 fully saturated rings. The first-order valence-corrected chi connectivity index (χ1v) is 15.2. The molecule has 1 aromatic heterocycles. The van der Waals surface area contributed by atoms with E-state index in [9.17, 15) is 18.0 Å². The second-order valence-electron chi connectivity index (χ2n) is 10.2. The molecule has 41 heavy (non-hydrogen) atoms. The number of ketones is 1. The van der Waals surface area contributed by atoms with Gasteiger partial charge in [0.15, 0.2) is 5.58 Å². The minimum atomic E-state index is -3.92. The number of sulfonamides is 1. The third kappa shape index (κ3) is 8.73. The van der Waals surface area contributed by atoms with Gasteiger partial charge in [0.25, 0.3) is 5.89 Å². The summed E-state index contributed by atoms with van der Waals surface area (Å²) in [6.07, 6.45) is 0.0872. The zero-order valence-electron chi connectivity index (χ0n) is 23.2. The molecule has 4 aromatic rings. The summed E-state index contributed by atoms with van der Waals surface area (Å²) in [6.45, 7) is 4.25. The summed E-state index contributed by atoms with van der Waals surface area (Å²) in [5, 5.41) is 0. The SMILES string of the molecule is CC(C)CCN(CS(=O)(=O)NCCC(C(=O)c1nc2ccccc2o1)c1ccccc1)C(=O)OCc1ccccc1. The maximum absolute atomic E-state index is 13.5. The smallest absolute Gasteiger partial charge is 0.411 e. The van der Waals surface area contributed by atoms with Gasteiger partial charge in [0, 0.05) is 13.1 Å². The van der Waals surface area contributed by atoms with Gasteiger partial charge < -0.3 is 9.15 Å². The number of nitrogens with one attached hydrogen (secondary N) is 1. The topological polar surface area (TPSA) is 119 Å². The molecule has 0 aliphatic rings. The molecule has 1 N–H and O–H groups in total. The quantitative estimate of drug-likeness (QED) is 0.190. The molecule has 1 atom stereocenters. The fourth-order valence-corrected chi connectivity index (χ4v) is 5.47. The molecule has 216 valence electrons. The summed E-state index contributed by atoms with van der Waals surface area (Å²) >= 11 is 0. The second kappa shape index (κ2) is 14.0. The van der Waals surface area contributed by atoms with Crippen LogP contribution in [0.2, 0.25) is 0 Å². The number of carbonyl (C=O) groups is 2. The maximum atomic E-state index is 13.5. The molecule has 3 aromatic carbocycles. The Labute approximate surface area is 240 Å². The van der Waals surface area contributed by atoms with E-state index in [4.69, 9.17) is 9.15 Å². The minimum Gasteiger partial charge on any atom is -0.445 e. The first kappa shape index (κ1) is 30.0. The summed E-state index contributed by atoms with van der Waals surface area (Å²) in [7, 11) is -3.92. The van der Waals surface area contributed by atoms with Gasteiger partial charge in [-0.25, -0.2) is 22.9 Å². The van der Waals surface area contributed by atoms with Crippen LogP contribution in [0.1, 0.15) is 54.4 Å². The van der Waals surface area contributed by atoms with E-state index in [0.29, 0.717) is 17.5 Å². The van der Waals surface area contributed by atoms with Crippen molar-refractivity contribution < 1.29 is 27.2 Å². The average molecular weight is 578 g/mol. The van der Waals surface area contributed by atoms with Gasteiger partial charge >= 0.3 is 6.09 Å². The molecule has 0 aliphatic heterocycles. The Morgan fingerprint density at radius 2 is 1.59 bits per heavy atom. The van der Waals surface area contributed by atoms with Crippen LogP contribution in [0, 0.1) is 5.92 Å². The van der Waals surface area contributed by atoms with Crippen LogP contribution in [0.4, 0.5) is 4.79 Å². The van der Waals surface area contributed by atoms with E-state index >= 15 is 0 Å². The molecule has 0 aliphatic carbocycles. The predicted octanol–water partition coefficient (Wildman–Crippen LogP) is 5.75. The number of benzene rings is 3. The summed E-state index contributed by atoms with van der Waals surface area (Å²) in [5.41, 5.74) is 2.61. The van der Waals surface area contributed by atoms with E-state index in [1.807, 2.05) is 80.6 Å². The fourth-order valence-electron chi connectivity index (χ4n) is 4.30. The number of para-hydroxylation sites is 2. The summed E-state index contributed by atoms with van der Waals surface area (Å²) in [5.74, 6) is -1.33. The Hall–Kier alpha value is -4.02. The van der Waals surface area contributed by atoms with Gasteiger partial charge in [-0.05, 0) is 42.0 Å². The lowest BCUT2D eigenvalue weighted by Crippen LogP contribution is -2.42. The molecular weight excluding hydrogens is 542 g/mol. The molecule has 10 heteroatoms. The van der Waals surface area contributed by atoms with Crippen LogP contribution in [0.15, 0.2) is 89.3 Å². The number of hydrogen-bond donors (Lipinski definition) is 1. The van der Waals surface area contributed by atoms with Gasteiger partial charge in [-0.15, -0.1) is 0 Å². The van der Waals surface area contributed by atoms with E-state index in [-0.39, 0.29) is 43.7 Å². The Morgan fingerprint density at radius 1 is 0.927 bits per heavy atom. The molecule has 0 bridgehead atoms. The van der Waals surface area contributed by atoms with Crippen molar-refractivity contribution in [2.45, 2.75) is 39.2 Å². The highest BCUT2D eigenvalue weighted by molar-refractivity contribution is 7.89. The number of carbonyl (C=O) groups excluding carboxylic acids is 2. The lowest BCUT2D eigenvalue weighted by molar-refractivity contribution is 0.0923. The Bertz CT molecular complexity index is 1500. The van der Waals surface area contributed by atoms with Crippen molar-refractivity contribution in [1.82, 2.24) is 14.6 Å². The molecule has 1 unspecified atom stereocenters. The Balaban J connectivity index is 1.42. The molecule has 4 rings (SSSR count). The first-order chi connectivity index (χ1) is 19.7. The van der Waals surface area contributed by atoms with Gasteiger partial charge in [0.05, 0.1) is 5.92 Å². The van der Waals surface area contributed by atoms with E-state index in [2.05, 4.69) is 9.71 Å². The third-order valence-electron chi connectivity index (χ3n) is 6.54. The van der Waals surface area contributed by atoms with Crippen molar-refractivity contribution in [3.8, 4) is 0 Å². The van der Waals surface area contributed by atoms with Crippen LogP contribution in [0.5, 0.6) is 0 Å². The maximum Gasteiger partial charge on any atom is 0.411 e. The van der Waals surface area contributed by atoms with E-state index < -0.39 is 27.9 Å². The van der Waals surface area contributed by atoms with Gasteiger partial charge in [0.1, 0.15) is 18.0 Å². The van der Waals surface area contributed by atoms with Crippen molar-refractivity contribution in [3.05, 3.63) is 102 Å². The molecule has 0 radical (unpaired) electrons. The van der Waals surface area contributed by atoms with Crippen LogP contribution in [0.3, 0.4) is 0 Å². The van der Waals surface area contributed by atoms with Crippen molar-refractivity contribution >= 4 is 33.0 Å². The number of Topliss-reactive ketones (excluding diaryl/α,β-unsaturated/α-hetero) is 1. The van der Waals surface area contributed by atoms with E-state index in [1.165, 1.54) is 4.90 Å². The number of aromatic nitrogens is 1. The molecule has 1 amide bonds. The number of nitrogens with zero attached hydrogens (tertiary/aromatic N) is 2. The number of fused-ring (bicyclic) bond motifs is 1. The van der Waals surface area contributed by atoms with Crippen LogP contribution in [-0.2, 0) is 21.4 Å². The standard InChI is InChI=1S/C31H35N3O6S/c1-23(2)18-20-34(31(36)39-21-24-11-5-3-6-12-24)22-41(37,38)32-19-17-26(25-13-7-4-8-14-25)29(35)30-33-27-15-9-10-16-28(27)40-30/h3-16,23,26,32H,17-22H2,1-2H3. The van der Waals surface area contributed by atoms with Gasteiger partial charge in [-0.2, -0.15) is 0 Å². The number of rotatable bonds is 14. The summed E-state index contributed by atoms with van der Waals surface area (Å²) in [6, 6.07) is 25.4. The third-order valence-corrected chi connectivity index (χ3v) is 7.84. The highest BCUT2D eigenvalue weighted by Crippen LogP contribution is 2.26. The number of oxazole rings is 1. The Kier molecular flexibility index (Phi) is 10.3. The largest absolute Gasteiger partial charge is 0.445 e. The predicted molar refractivity (Wildman–Crippen MR) is 157 cm³/mol. The fraction of sp³-hybridized carbons (Fsp3) is 0.323. The molecule has 9 nitrogen and oxygen atoms in total. The van der Waals surface area contributed by atoms with Gasteiger partial charge in [0.2, 0.25) is 15.8 Å². The van der Waals surface area contributed by atoms with Crippen LogP contribution < -0.4 is 4.72 Å². The first-order valence-electron chi connectivity index (χ1n) is 13.6. The number of amides is 1. The normalized spacial score (nSPS) is 12.4. The van der Waals surface area contributed by atoms with Crippen molar-refractivity contribution in [2.75, 3.05) is 19.0 Å². The van der Waals surface area contributed by atoms with Crippen molar-refractivity contribution in [3.63, 3.8) is 0 Å². The van der Waals surface area contributed by atoms with Crippen molar-refractivity contribution in [1.29, 1.82) is 0 Å². The second-order valence-corrected chi connectivity index (χ2v) is 12.0. The van der Waals surface area contributed by atoms with Crippen LogP contribution >= 0.6 is 0 Å². The highest BCUT2D eigenvalue weighted by atomic mass is 32.2. The lowest BCUT2D eigenvalue weighted by atomic mass is 9.91. The van der Waals surface area contributed by atoms with Gasteiger partial charge in [-0.3, -0.25) is 9.69 Å². The Morgan fingerprint density at radius 3 is 2.27 bits per heavy atom. The molecule has 0 saturated carbocycles. The highest BCUT2D eigenvalue weighted by Gasteiger charge is 2.28. The zero-order chi connectivity index (χ0) is 29.2. The summed E-state index contributed by atoms with van der Waals surface area (Å²) < 4.78 is 39.8.